The van der Waals surface area contributed by atoms with Crippen LogP contribution >= 0.6 is 0 Å². The third-order valence-corrected chi connectivity index (χ3v) is 2.81. The number of aromatic nitrogens is 2. The summed E-state index contributed by atoms with van der Waals surface area (Å²) >= 11 is 0. The topological polar surface area (TPSA) is 93.4 Å². The summed E-state index contributed by atoms with van der Waals surface area (Å²) in [6, 6.07) is -1.61. The monoisotopic (exact) mass is 293 g/mol. The SMILES string of the molecule is O=C(O)c1cnn([C@@H]2COC[C@@H]2NC(=O)C(F)(F)F)c1. The Kier molecular flexibility index (Phi) is 3.66. The highest BCUT2D eigenvalue weighted by molar-refractivity contribution is 5.86. The Balaban J connectivity index is 2.10. The van der Waals surface area contributed by atoms with E-state index in [1.807, 2.05) is 5.32 Å². The van der Waals surface area contributed by atoms with Gasteiger partial charge in [-0.1, -0.05) is 0 Å². The van der Waals surface area contributed by atoms with Crippen molar-refractivity contribution in [2.45, 2.75) is 18.3 Å². The van der Waals surface area contributed by atoms with Crippen molar-refractivity contribution in [2.24, 2.45) is 0 Å². The number of amides is 1. The van der Waals surface area contributed by atoms with Gasteiger partial charge in [-0.3, -0.25) is 9.48 Å². The van der Waals surface area contributed by atoms with E-state index in [1.165, 1.54) is 10.9 Å². The molecule has 0 radical (unpaired) electrons. The van der Waals surface area contributed by atoms with Crippen LogP contribution in [0.25, 0.3) is 0 Å². The molecule has 1 saturated heterocycles. The van der Waals surface area contributed by atoms with E-state index in [1.54, 1.807) is 0 Å². The molecule has 2 rings (SSSR count). The lowest BCUT2D eigenvalue weighted by atomic mass is 10.1. The van der Waals surface area contributed by atoms with E-state index < -0.39 is 30.1 Å². The number of rotatable bonds is 3. The highest BCUT2D eigenvalue weighted by atomic mass is 19.4. The van der Waals surface area contributed by atoms with Crippen molar-refractivity contribution in [3.8, 4) is 0 Å². The van der Waals surface area contributed by atoms with Gasteiger partial charge in [-0.05, 0) is 0 Å². The average Bonchev–Trinajstić information content (AvgIpc) is 2.94. The normalized spacial score (nSPS) is 22.8. The van der Waals surface area contributed by atoms with E-state index in [9.17, 15) is 22.8 Å². The molecule has 0 aromatic carbocycles. The molecule has 110 valence electrons. The third kappa shape index (κ3) is 2.90. The second kappa shape index (κ2) is 5.12. The van der Waals surface area contributed by atoms with Crippen molar-refractivity contribution in [3.63, 3.8) is 0 Å². The fourth-order valence-electron chi connectivity index (χ4n) is 1.82. The quantitative estimate of drug-likeness (QED) is 0.830. The number of nitrogens with zero attached hydrogens (tertiary/aromatic N) is 2. The maximum absolute atomic E-state index is 12.2. The van der Waals surface area contributed by atoms with Crippen LogP contribution in [0.4, 0.5) is 13.2 Å². The Bertz CT molecular complexity index is 528. The molecule has 1 fully saturated rings. The number of aromatic carboxylic acids is 1. The maximum atomic E-state index is 12.2. The van der Waals surface area contributed by atoms with E-state index in [0.717, 1.165) is 6.20 Å². The van der Waals surface area contributed by atoms with Gasteiger partial charge < -0.3 is 15.2 Å². The summed E-state index contributed by atoms with van der Waals surface area (Å²) in [6.45, 7) is -0.0711. The van der Waals surface area contributed by atoms with Crippen molar-refractivity contribution in [3.05, 3.63) is 18.0 Å². The van der Waals surface area contributed by atoms with E-state index >= 15 is 0 Å². The summed E-state index contributed by atoms with van der Waals surface area (Å²) < 4.78 is 42.8. The van der Waals surface area contributed by atoms with Crippen LogP contribution in [0.2, 0.25) is 0 Å². The first kappa shape index (κ1) is 14.3. The number of carbonyl (C=O) groups is 2. The van der Waals surface area contributed by atoms with Crippen LogP contribution in [0.15, 0.2) is 12.4 Å². The fraction of sp³-hybridized carbons (Fsp3) is 0.500. The lowest BCUT2D eigenvalue weighted by molar-refractivity contribution is -0.174. The Hall–Kier alpha value is -2.10. The molecule has 1 aliphatic rings. The summed E-state index contributed by atoms with van der Waals surface area (Å²) in [4.78, 5) is 21.6. The number of hydrogen-bond acceptors (Lipinski definition) is 4. The maximum Gasteiger partial charge on any atom is 0.471 e. The van der Waals surface area contributed by atoms with E-state index in [2.05, 4.69) is 5.10 Å². The van der Waals surface area contributed by atoms with Crippen molar-refractivity contribution >= 4 is 11.9 Å². The molecule has 1 aliphatic heterocycles. The molecule has 2 N–H and O–H groups in total. The zero-order valence-electron chi connectivity index (χ0n) is 9.92. The standard InChI is InChI=1S/C10H10F3N3O4/c11-10(12,13)9(19)15-6-3-20-4-7(6)16-2-5(1-14-16)8(17)18/h1-2,6-7H,3-4H2,(H,15,19)(H,17,18)/t6-,7+/m0/s1. The predicted octanol–water partition coefficient (Wildman–Crippen LogP) is 0.200. The number of nitrogens with one attached hydrogen (secondary N) is 1. The molecular formula is C10H10F3N3O4. The zero-order valence-corrected chi connectivity index (χ0v) is 9.92. The molecule has 0 unspecified atom stereocenters. The van der Waals surface area contributed by atoms with Crippen molar-refractivity contribution in [1.82, 2.24) is 15.1 Å². The molecule has 1 amide bonds. The van der Waals surface area contributed by atoms with E-state index in [0.29, 0.717) is 0 Å². The molecule has 7 nitrogen and oxygen atoms in total. The van der Waals surface area contributed by atoms with Crippen LogP contribution in [0.1, 0.15) is 16.4 Å². The highest BCUT2D eigenvalue weighted by Crippen LogP contribution is 2.22. The van der Waals surface area contributed by atoms with Gasteiger partial charge in [0.25, 0.3) is 0 Å². The van der Waals surface area contributed by atoms with Crippen LogP contribution in [0.3, 0.4) is 0 Å². The lowest BCUT2D eigenvalue weighted by Crippen LogP contribution is -2.46. The fourth-order valence-corrected chi connectivity index (χ4v) is 1.82. The van der Waals surface area contributed by atoms with Gasteiger partial charge in [-0.2, -0.15) is 18.3 Å². The largest absolute Gasteiger partial charge is 0.478 e. The van der Waals surface area contributed by atoms with Gasteiger partial charge in [0, 0.05) is 6.20 Å². The van der Waals surface area contributed by atoms with Gasteiger partial charge in [-0.15, -0.1) is 0 Å². The van der Waals surface area contributed by atoms with Crippen LogP contribution in [-0.2, 0) is 9.53 Å². The predicted molar refractivity (Wildman–Crippen MR) is 57.0 cm³/mol. The molecular weight excluding hydrogens is 283 g/mol. The minimum Gasteiger partial charge on any atom is -0.478 e. The van der Waals surface area contributed by atoms with Crippen LogP contribution in [-0.4, -0.2) is 52.2 Å². The van der Waals surface area contributed by atoms with Gasteiger partial charge in [0.15, 0.2) is 0 Å². The molecule has 2 heterocycles. The molecule has 0 saturated carbocycles. The number of halogens is 3. The molecule has 20 heavy (non-hydrogen) atoms. The van der Waals surface area contributed by atoms with Gasteiger partial charge in [0.2, 0.25) is 0 Å². The third-order valence-electron chi connectivity index (χ3n) is 2.81. The van der Waals surface area contributed by atoms with Crippen LogP contribution < -0.4 is 5.32 Å². The number of carboxylic acid groups (broad SMARTS) is 1. The first-order valence-electron chi connectivity index (χ1n) is 5.52. The molecule has 0 bridgehead atoms. The minimum absolute atomic E-state index is 0.0313. The lowest BCUT2D eigenvalue weighted by Gasteiger charge is -2.20. The molecule has 1 aromatic rings. The summed E-state index contributed by atoms with van der Waals surface area (Å²) in [7, 11) is 0. The summed E-state index contributed by atoms with van der Waals surface area (Å²) in [5.41, 5.74) is -0.0993. The van der Waals surface area contributed by atoms with Gasteiger partial charge in [-0.25, -0.2) is 4.79 Å². The number of ether oxygens (including phenoxy) is 1. The Morgan fingerprint density at radius 2 is 2.15 bits per heavy atom. The second-order valence-electron chi connectivity index (χ2n) is 4.20. The molecule has 0 aliphatic carbocycles. The number of alkyl halides is 3. The average molecular weight is 293 g/mol. The van der Waals surface area contributed by atoms with Crippen molar-refractivity contribution in [1.29, 1.82) is 0 Å². The van der Waals surface area contributed by atoms with Gasteiger partial charge in [0.1, 0.15) is 0 Å². The van der Waals surface area contributed by atoms with Crippen LogP contribution in [0, 0.1) is 0 Å². The Labute approximate surface area is 110 Å². The second-order valence-corrected chi connectivity index (χ2v) is 4.20. The van der Waals surface area contributed by atoms with Gasteiger partial charge >= 0.3 is 18.1 Å². The summed E-state index contributed by atoms with van der Waals surface area (Å²) in [5, 5.41) is 14.3. The number of carbonyl (C=O) groups excluding carboxylic acids is 1. The van der Waals surface area contributed by atoms with E-state index in [4.69, 9.17) is 9.84 Å². The Morgan fingerprint density at radius 1 is 1.45 bits per heavy atom. The van der Waals surface area contributed by atoms with Gasteiger partial charge in [0.05, 0.1) is 37.1 Å². The number of hydrogen-bond donors (Lipinski definition) is 2. The summed E-state index contributed by atoms with van der Waals surface area (Å²) in [6.07, 6.45) is -2.73. The molecule has 0 spiro atoms. The first-order chi connectivity index (χ1) is 9.29. The van der Waals surface area contributed by atoms with E-state index in [-0.39, 0.29) is 18.8 Å². The summed E-state index contributed by atoms with van der Waals surface area (Å²) in [5.74, 6) is -3.27. The molecule has 2 atom stereocenters. The first-order valence-corrected chi connectivity index (χ1v) is 5.52. The Morgan fingerprint density at radius 3 is 2.70 bits per heavy atom. The smallest absolute Gasteiger partial charge is 0.471 e. The molecule has 10 heteroatoms. The molecule has 1 aromatic heterocycles. The number of carboxylic acids is 1. The minimum atomic E-state index is -4.98. The van der Waals surface area contributed by atoms with Crippen molar-refractivity contribution < 1.29 is 32.6 Å². The zero-order chi connectivity index (χ0) is 14.9. The van der Waals surface area contributed by atoms with Crippen molar-refractivity contribution in [2.75, 3.05) is 13.2 Å². The van der Waals surface area contributed by atoms with Crippen LogP contribution in [0.5, 0.6) is 0 Å². The highest BCUT2D eigenvalue weighted by Gasteiger charge is 2.42.